The molecule has 138 valence electrons. The lowest BCUT2D eigenvalue weighted by atomic mass is 10.0. The van der Waals surface area contributed by atoms with E-state index >= 15 is 0 Å². The molecule has 2 unspecified atom stereocenters. The third kappa shape index (κ3) is 2.72. The van der Waals surface area contributed by atoms with Crippen molar-refractivity contribution >= 4 is 17.7 Å². The zero-order valence-corrected chi connectivity index (χ0v) is 15.2. The number of nitrogens with zero attached hydrogens (tertiary/aromatic N) is 2. The summed E-state index contributed by atoms with van der Waals surface area (Å²) >= 11 is 0. The summed E-state index contributed by atoms with van der Waals surface area (Å²) in [5.74, 6) is -0.527. The number of hydrogen-bond acceptors (Lipinski definition) is 4. The molecule has 2 fully saturated rings. The largest absolute Gasteiger partial charge is 0.331 e. The SMILES string of the molecule is CCCCN1C(=O)c2ccc(C(=O)N3C4CCNCC3CC4)cc2C1=O. The molecule has 3 amide bonds. The maximum absolute atomic E-state index is 13.1. The summed E-state index contributed by atoms with van der Waals surface area (Å²) in [6.07, 6.45) is 4.75. The quantitative estimate of drug-likeness (QED) is 0.839. The summed E-state index contributed by atoms with van der Waals surface area (Å²) < 4.78 is 0. The van der Waals surface area contributed by atoms with Gasteiger partial charge in [0.15, 0.2) is 0 Å². The van der Waals surface area contributed by atoms with Crippen molar-refractivity contribution in [3.8, 4) is 0 Å². The van der Waals surface area contributed by atoms with Crippen molar-refractivity contribution in [2.45, 2.75) is 51.1 Å². The molecular weight excluding hydrogens is 330 g/mol. The number of imide groups is 1. The van der Waals surface area contributed by atoms with Gasteiger partial charge in [0.05, 0.1) is 11.1 Å². The van der Waals surface area contributed by atoms with Crippen LogP contribution in [-0.2, 0) is 0 Å². The fourth-order valence-corrected chi connectivity index (χ4v) is 4.41. The number of nitrogens with one attached hydrogen (secondary N) is 1. The van der Waals surface area contributed by atoms with E-state index in [0.29, 0.717) is 23.2 Å². The van der Waals surface area contributed by atoms with Crippen LogP contribution in [0.3, 0.4) is 0 Å². The van der Waals surface area contributed by atoms with Crippen LogP contribution in [0.15, 0.2) is 18.2 Å². The maximum atomic E-state index is 13.1. The molecule has 2 atom stereocenters. The number of carbonyl (C=O) groups is 3. The molecule has 1 aromatic carbocycles. The smallest absolute Gasteiger partial charge is 0.261 e. The van der Waals surface area contributed by atoms with Gasteiger partial charge < -0.3 is 10.2 Å². The fraction of sp³-hybridized carbons (Fsp3) is 0.550. The number of benzene rings is 1. The van der Waals surface area contributed by atoms with Crippen molar-refractivity contribution < 1.29 is 14.4 Å². The van der Waals surface area contributed by atoms with E-state index in [1.165, 1.54) is 4.90 Å². The first-order valence-electron chi connectivity index (χ1n) is 9.65. The van der Waals surface area contributed by atoms with Gasteiger partial charge in [-0.3, -0.25) is 19.3 Å². The van der Waals surface area contributed by atoms with E-state index in [9.17, 15) is 14.4 Å². The zero-order chi connectivity index (χ0) is 18.3. The van der Waals surface area contributed by atoms with Gasteiger partial charge in [0.2, 0.25) is 0 Å². The van der Waals surface area contributed by atoms with Gasteiger partial charge in [-0.05, 0) is 50.4 Å². The first-order valence-corrected chi connectivity index (χ1v) is 9.65. The highest BCUT2D eigenvalue weighted by Crippen LogP contribution is 2.31. The minimum atomic E-state index is -0.270. The van der Waals surface area contributed by atoms with Gasteiger partial charge in [0.25, 0.3) is 17.7 Å². The number of carbonyl (C=O) groups excluding carboxylic acids is 3. The Balaban J connectivity index is 1.61. The van der Waals surface area contributed by atoms with Crippen molar-refractivity contribution in [2.24, 2.45) is 0 Å². The van der Waals surface area contributed by atoms with Gasteiger partial charge >= 0.3 is 0 Å². The van der Waals surface area contributed by atoms with Gasteiger partial charge in [-0.15, -0.1) is 0 Å². The minimum absolute atomic E-state index is 0.0174. The molecule has 0 aromatic heterocycles. The molecule has 0 radical (unpaired) electrons. The van der Waals surface area contributed by atoms with Crippen molar-refractivity contribution in [2.75, 3.05) is 19.6 Å². The lowest BCUT2D eigenvalue weighted by Crippen LogP contribution is -2.42. The van der Waals surface area contributed by atoms with Gasteiger partial charge in [-0.25, -0.2) is 0 Å². The Bertz CT molecular complexity index is 747. The van der Waals surface area contributed by atoms with E-state index in [4.69, 9.17) is 0 Å². The molecule has 3 aliphatic rings. The molecule has 3 aliphatic heterocycles. The molecule has 3 heterocycles. The van der Waals surface area contributed by atoms with Crippen LogP contribution >= 0.6 is 0 Å². The van der Waals surface area contributed by atoms with E-state index in [0.717, 1.165) is 45.2 Å². The number of fused-ring (bicyclic) bond motifs is 3. The summed E-state index contributed by atoms with van der Waals surface area (Å²) in [6, 6.07) is 5.47. The number of unbranched alkanes of at least 4 members (excludes halogenated alkanes) is 1. The van der Waals surface area contributed by atoms with Crippen LogP contribution in [0.5, 0.6) is 0 Å². The van der Waals surface area contributed by atoms with Crippen LogP contribution in [-0.4, -0.2) is 59.2 Å². The van der Waals surface area contributed by atoms with E-state index in [2.05, 4.69) is 5.32 Å². The van der Waals surface area contributed by atoms with E-state index in [-0.39, 0.29) is 29.8 Å². The van der Waals surface area contributed by atoms with Crippen LogP contribution in [0.2, 0.25) is 0 Å². The molecule has 0 saturated carbocycles. The summed E-state index contributed by atoms with van der Waals surface area (Å²) in [7, 11) is 0. The molecule has 1 aromatic rings. The second-order valence-electron chi connectivity index (χ2n) is 7.47. The normalized spacial score (nSPS) is 24.8. The van der Waals surface area contributed by atoms with Crippen molar-refractivity contribution in [3.63, 3.8) is 0 Å². The monoisotopic (exact) mass is 355 g/mol. The van der Waals surface area contributed by atoms with Crippen molar-refractivity contribution in [1.29, 1.82) is 0 Å². The maximum Gasteiger partial charge on any atom is 0.261 e. The number of hydrogen-bond donors (Lipinski definition) is 1. The zero-order valence-electron chi connectivity index (χ0n) is 15.2. The first kappa shape index (κ1) is 17.2. The van der Waals surface area contributed by atoms with Crippen LogP contribution in [0, 0.1) is 0 Å². The van der Waals surface area contributed by atoms with Gasteiger partial charge in [0, 0.05) is 30.7 Å². The molecule has 4 rings (SSSR count). The molecule has 1 N–H and O–H groups in total. The third-order valence-corrected chi connectivity index (χ3v) is 5.84. The highest BCUT2D eigenvalue weighted by Gasteiger charge is 2.40. The average molecular weight is 355 g/mol. The lowest BCUT2D eigenvalue weighted by Gasteiger charge is -2.28. The number of rotatable bonds is 4. The van der Waals surface area contributed by atoms with Crippen LogP contribution in [0.4, 0.5) is 0 Å². The molecule has 0 spiro atoms. The third-order valence-electron chi connectivity index (χ3n) is 5.84. The van der Waals surface area contributed by atoms with Gasteiger partial charge in [-0.1, -0.05) is 13.3 Å². The lowest BCUT2D eigenvalue weighted by molar-refractivity contribution is 0.0650. The van der Waals surface area contributed by atoms with Crippen molar-refractivity contribution in [3.05, 3.63) is 34.9 Å². The Morgan fingerprint density at radius 2 is 1.88 bits per heavy atom. The highest BCUT2D eigenvalue weighted by atomic mass is 16.2. The Morgan fingerprint density at radius 3 is 2.69 bits per heavy atom. The molecule has 6 nitrogen and oxygen atoms in total. The second-order valence-corrected chi connectivity index (χ2v) is 7.47. The predicted octanol–water partition coefficient (Wildman–Crippen LogP) is 2.05. The second kappa shape index (κ2) is 6.83. The number of amides is 3. The van der Waals surface area contributed by atoms with Gasteiger partial charge in [-0.2, -0.15) is 0 Å². The molecule has 0 aliphatic carbocycles. The summed E-state index contributed by atoms with van der Waals surface area (Å²) in [4.78, 5) is 41.5. The fourth-order valence-electron chi connectivity index (χ4n) is 4.41. The van der Waals surface area contributed by atoms with E-state index in [1.54, 1.807) is 18.2 Å². The topological polar surface area (TPSA) is 69.7 Å². The summed E-state index contributed by atoms with van der Waals surface area (Å²) in [5, 5.41) is 3.40. The summed E-state index contributed by atoms with van der Waals surface area (Å²) in [6.45, 7) is 4.23. The average Bonchev–Trinajstić information content (AvgIpc) is 3.05. The Labute approximate surface area is 153 Å². The van der Waals surface area contributed by atoms with E-state index in [1.807, 2.05) is 11.8 Å². The molecular formula is C20H25N3O3. The Hall–Kier alpha value is -2.21. The molecule has 26 heavy (non-hydrogen) atoms. The molecule has 6 heteroatoms. The molecule has 2 saturated heterocycles. The summed E-state index contributed by atoms with van der Waals surface area (Å²) in [5.41, 5.74) is 1.31. The standard InChI is InChI=1S/C20H25N3O3/c1-2-3-10-22-19(25)16-7-4-13(11-17(16)20(22)26)18(24)23-14-5-6-15(23)12-21-9-8-14/h4,7,11,14-15,21H,2-3,5-6,8-10,12H2,1H3. The molecule has 2 bridgehead atoms. The predicted molar refractivity (Wildman–Crippen MR) is 97.2 cm³/mol. The van der Waals surface area contributed by atoms with E-state index < -0.39 is 0 Å². The minimum Gasteiger partial charge on any atom is -0.331 e. The highest BCUT2D eigenvalue weighted by molar-refractivity contribution is 6.22. The van der Waals surface area contributed by atoms with Gasteiger partial charge in [0.1, 0.15) is 0 Å². The Morgan fingerprint density at radius 1 is 1.12 bits per heavy atom. The van der Waals surface area contributed by atoms with Crippen molar-refractivity contribution in [1.82, 2.24) is 15.1 Å². The first-order chi connectivity index (χ1) is 12.6. The van der Waals surface area contributed by atoms with Crippen LogP contribution in [0.1, 0.15) is 70.1 Å². The Kier molecular flexibility index (Phi) is 4.53. The van der Waals surface area contributed by atoms with Crippen LogP contribution < -0.4 is 5.32 Å². The van der Waals surface area contributed by atoms with Crippen LogP contribution in [0.25, 0.3) is 0 Å².